The molecule has 0 saturated carbocycles. The highest BCUT2D eigenvalue weighted by Crippen LogP contribution is 2.16. The molecule has 5 nitrogen and oxygen atoms in total. The van der Waals surface area contributed by atoms with Gasteiger partial charge in [0, 0.05) is 13.1 Å². The molecule has 6 heteroatoms. The highest BCUT2D eigenvalue weighted by molar-refractivity contribution is 7.87. The van der Waals surface area contributed by atoms with Gasteiger partial charge in [0.05, 0.1) is 0 Å². The minimum Gasteiger partial charge on any atom is -0.299 e. The number of nitrogens with one attached hydrogen (secondary N) is 1. The smallest absolute Gasteiger partial charge is 0.274 e. The third-order valence-electron chi connectivity index (χ3n) is 3.67. The van der Waals surface area contributed by atoms with Crippen LogP contribution in [0, 0.1) is 0 Å². The van der Waals surface area contributed by atoms with E-state index in [0.29, 0.717) is 0 Å². The van der Waals surface area contributed by atoms with Gasteiger partial charge in [-0.05, 0) is 37.1 Å². The van der Waals surface area contributed by atoms with Gasteiger partial charge < -0.3 is 0 Å². The van der Waals surface area contributed by atoms with Crippen LogP contribution in [0.2, 0.25) is 0 Å². The second-order valence-electron chi connectivity index (χ2n) is 5.33. The van der Waals surface area contributed by atoms with E-state index in [1.165, 1.54) is 31.2 Å². The molecule has 3 N–H and O–H groups in total. The molecule has 0 amide bonds. The molecule has 1 fully saturated rings. The minimum atomic E-state index is -3.64. The Bertz CT molecular complexity index is 523. The van der Waals surface area contributed by atoms with E-state index in [2.05, 4.69) is 15.7 Å². The van der Waals surface area contributed by atoms with Gasteiger partial charge in [0.25, 0.3) is 10.2 Å². The van der Waals surface area contributed by atoms with E-state index in [4.69, 9.17) is 5.14 Å². The number of hydrogen-bond acceptors (Lipinski definition) is 3. The number of likely N-dealkylation sites (tertiary alicyclic amines) is 1. The second kappa shape index (κ2) is 7.17. The number of rotatable bonds is 5. The predicted molar refractivity (Wildman–Crippen MR) is 80.1 cm³/mol. The van der Waals surface area contributed by atoms with Crippen LogP contribution in [0.25, 0.3) is 0 Å². The van der Waals surface area contributed by atoms with Gasteiger partial charge in [-0.2, -0.15) is 13.1 Å². The van der Waals surface area contributed by atoms with Crippen LogP contribution in [0.3, 0.4) is 0 Å². The first-order valence-corrected chi connectivity index (χ1v) is 8.66. The number of nitrogens with two attached hydrogens (primary N) is 1. The molecule has 0 unspecified atom stereocenters. The van der Waals surface area contributed by atoms with Crippen LogP contribution in [0.1, 0.15) is 36.8 Å². The van der Waals surface area contributed by atoms with Crippen molar-refractivity contribution in [3.8, 4) is 0 Å². The maximum Gasteiger partial charge on any atom is 0.274 e. The summed E-state index contributed by atoms with van der Waals surface area (Å²) >= 11 is 0. The molecular formula is C14H23N3O2S. The average Bonchev–Trinajstić information content (AvgIpc) is 2.65. The van der Waals surface area contributed by atoms with E-state index in [9.17, 15) is 8.42 Å². The molecule has 1 saturated heterocycles. The molecule has 1 aliphatic heterocycles. The second-order valence-corrected chi connectivity index (χ2v) is 6.70. The van der Waals surface area contributed by atoms with E-state index >= 15 is 0 Å². The molecule has 0 spiro atoms. The van der Waals surface area contributed by atoms with E-state index < -0.39 is 10.2 Å². The summed E-state index contributed by atoms with van der Waals surface area (Å²) in [7, 11) is -3.64. The monoisotopic (exact) mass is 297 g/mol. The topological polar surface area (TPSA) is 75.4 Å². The molecular weight excluding hydrogens is 274 g/mol. The standard InChI is InChI=1S/C14H23N3O2S/c15-20(18,19)16-11-13-7-3-4-8-14(13)12-17-9-5-1-2-6-10-17/h3-4,7-8,16H,1-2,5-6,9-12H2,(H2,15,18,19). The SMILES string of the molecule is NS(=O)(=O)NCc1ccccc1CN1CCCCCC1. The third kappa shape index (κ3) is 5.20. The Morgan fingerprint density at radius 3 is 2.25 bits per heavy atom. The maximum atomic E-state index is 11.0. The zero-order valence-electron chi connectivity index (χ0n) is 11.7. The summed E-state index contributed by atoms with van der Waals surface area (Å²) < 4.78 is 24.4. The summed E-state index contributed by atoms with van der Waals surface area (Å²) in [5.74, 6) is 0. The van der Waals surface area contributed by atoms with E-state index in [0.717, 1.165) is 25.2 Å². The lowest BCUT2D eigenvalue weighted by Gasteiger charge is -2.21. The van der Waals surface area contributed by atoms with Crippen LogP contribution >= 0.6 is 0 Å². The van der Waals surface area contributed by atoms with Gasteiger partial charge in [-0.1, -0.05) is 37.1 Å². The lowest BCUT2D eigenvalue weighted by Crippen LogP contribution is -2.31. The van der Waals surface area contributed by atoms with Crippen LogP contribution in [-0.4, -0.2) is 26.4 Å². The van der Waals surface area contributed by atoms with Gasteiger partial charge in [0.1, 0.15) is 0 Å². The Morgan fingerprint density at radius 2 is 1.65 bits per heavy atom. The molecule has 1 aromatic carbocycles. The third-order valence-corrected chi connectivity index (χ3v) is 4.22. The molecule has 0 atom stereocenters. The molecule has 0 aromatic heterocycles. The summed E-state index contributed by atoms with van der Waals surface area (Å²) in [6.45, 7) is 3.37. The zero-order valence-corrected chi connectivity index (χ0v) is 12.5. The van der Waals surface area contributed by atoms with Crippen molar-refractivity contribution in [2.75, 3.05) is 13.1 Å². The van der Waals surface area contributed by atoms with Gasteiger partial charge in [-0.25, -0.2) is 5.14 Å². The highest BCUT2D eigenvalue weighted by Gasteiger charge is 2.12. The summed E-state index contributed by atoms with van der Waals surface area (Å²) in [5.41, 5.74) is 2.16. The van der Waals surface area contributed by atoms with Crippen LogP contribution in [-0.2, 0) is 23.3 Å². The van der Waals surface area contributed by atoms with Crippen LogP contribution in [0.5, 0.6) is 0 Å². The Morgan fingerprint density at radius 1 is 1.05 bits per heavy atom. The molecule has 20 heavy (non-hydrogen) atoms. The molecule has 0 aliphatic carbocycles. The maximum absolute atomic E-state index is 11.0. The summed E-state index contributed by atoms with van der Waals surface area (Å²) in [6.07, 6.45) is 5.12. The van der Waals surface area contributed by atoms with Crippen molar-refractivity contribution in [1.29, 1.82) is 0 Å². The first kappa shape index (κ1) is 15.4. The first-order chi connectivity index (χ1) is 9.54. The molecule has 1 heterocycles. The number of hydrogen-bond donors (Lipinski definition) is 2. The van der Waals surface area contributed by atoms with Gasteiger partial charge in [0.2, 0.25) is 0 Å². The van der Waals surface area contributed by atoms with Crippen LogP contribution < -0.4 is 9.86 Å². The van der Waals surface area contributed by atoms with Gasteiger partial charge >= 0.3 is 0 Å². The Balaban J connectivity index is 2.03. The first-order valence-electron chi connectivity index (χ1n) is 7.11. The van der Waals surface area contributed by atoms with Crippen molar-refractivity contribution in [3.05, 3.63) is 35.4 Å². The fourth-order valence-corrected chi connectivity index (χ4v) is 2.95. The van der Waals surface area contributed by atoms with Crippen LogP contribution in [0.15, 0.2) is 24.3 Å². The van der Waals surface area contributed by atoms with Gasteiger partial charge in [0.15, 0.2) is 0 Å². The largest absolute Gasteiger partial charge is 0.299 e. The Hall–Kier alpha value is -0.950. The minimum absolute atomic E-state index is 0.253. The van der Waals surface area contributed by atoms with Crippen molar-refractivity contribution in [3.63, 3.8) is 0 Å². The molecule has 2 rings (SSSR count). The quantitative estimate of drug-likeness (QED) is 0.861. The van der Waals surface area contributed by atoms with Crippen molar-refractivity contribution in [2.45, 2.75) is 38.8 Å². The van der Waals surface area contributed by atoms with Crippen molar-refractivity contribution < 1.29 is 8.42 Å². The van der Waals surface area contributed by atoms with Crippen molar-refractivity contribution in [1.82, 2.24) is 9.62 Å². The van der Waals surface area contributed by atoms with E-state index in [1.54, 1.807) is 0 Å². The average molecular weight is 297 g/mol. The fraction of sp³-hybridized carbons (Fsp3) is 0.571. The number of nitrogens with zero attached hydrogens (tertiary/aromatic N) is 1. The summed E-state index contributed by atoms with van der Waals surface area (Å²) in [5, 5.41) is 4.99. The lowest BCUT2D eigenvalue weighted by atomic mass is 10.1. The van der Waals surface area contributed by atoms with E-state index in [1.807, 2.05) is 18.2 Å². The molecule has 112 valence electrons. The predicted octanol–water partition coefficient (Wildman–Crippen LogP) is 1.36. The lowest BCUT2D eigenvalue weighted by molar-refractivity contribution is 0.276. The van der Waals surface area contributed by atoms with E-state index in [-0.39, 0.29) is 6.54 Å². The van der Waals surface area contributed by atoms with Crippen molar-refractivity contribution in [2.24, 2.45) is 5.14 Å². The highest BCUT2D eigenvalue weighted by atomic mass is 32.2. The molecule has 0 bridgehead atoms. The number of benzene rings is 1. The van der Waals surface area contributed by atoms with Crippen molar-refractivity contribution >= 4 is 10.2 Å². The fourth-order valence-electron chi connectivity index (χ4n) is 2.60. The Kier molecular flexibility index (Phi) is 5.54. The molecule has 1 aromatic rings. The van der Waals surface area contributed by atoms with Gasteiger partial charge in [-0.3, -0.25) is 4.90 Å². The molecule has 0 radical (unpaired) electrons. The van der Waals surface area contributed by atoms with Gasteiger partial charge in [-0.15, -0.1) is 0 Å². The summed E-state index contributed by atoms with van der Waals surface area (Å²) in [6, 6.07) is 7.93. The normalized spacial score (nSPS) is 17.9. The zero-order chi connectivity index (χ0) is 14.4. The van der Waals surface area contributed by atoms with Crippen LogP contribution in [0.4, 0.5) is 0 Å². The summed E-state index contributed by atoms with van der Waals surface area (Å²) in [4.78, 5) is 2.45. The molecule has 1 aliphatic rings. The Labute approximate surface area is 121 Å².